The Kier molecular flexibility index (Phi) is 37.4. The fraction of sp³-hybridized carbons (Fsp3) is 0.806. The van der Waals surface area contributed by atoms with E-state index in [9.17, 15) is 35.1 Å². The summed E-state index contributed by atoms with van der Waals surface area (Å²) in [4.78, 5) is 26.4. The van der Waals surface area contributed by atoms with Gasteiger partial charge >= 0.3 is 6.03 Å². The first-order chi connectivity index (χ1) is 35.7. The fourth-order valence-electron chi connectivity index (χ4n) is 10.8. The van der Waals surface area contributed by atoms with Crippen LogP contribution in [0.25, 0.3) is 10.8 Å². The summed E-state index contributed by atoms with van der Waals surface area (Å²) in [6.45, 7) is 4.39. The van der Waals surface area contributed by atoms with Crippen molar-refractivity contribution < 1.29 is 39.9 Å². The summed E-state index contributed by atoms with van der Waals surface area (Å²) >= 11 is 0. The van der Waals surface area contributed by atoms with Crippen LogP contribution in [-0.4, -0.2) is 92.8 Å². The quantitative estimate of drug-likeness (QED) is 0.0302. The summed E-state index contributed by atoms with van der Waals surface area (Å²) in [5.74, 6) is -0.190. The van der Waals surface area contributed by atoms with Crippen LogP contribution in [0.5, 0.6) is 0 Å². The molecule has 3 amide bonds. The summed E-state index contributed by atoms with van der Waals surface area (Å²) in [6, 6.07) is 12.0. The van der Waals surface area contributed by atoms with Crippen LogP contribution in [0, 0.1) is 0 Å². The van der Waals surface area contributed by atoms with Gasteiger partial charge in [0.15, 0.2) is 0 Å². The molecular formula is C62H109N3O8. The average Bonchev–Trinajstić information content (AvgIpc) is 3.39. The van der Waals surface area contributed by atoms with Crippen molar-refractivity contribution in [3.8, 4) is 0 Å². The molecule has 11 nitrogen and oxygen atoms in total. The zero-order valence-corrected chi connectivity index (χ0v) is 46.4. The van der Waals surface area contributed by atoms with Crippen LogP contribution >= 0.6 is 0 Å². The highest BCUT2D eigenvalue weighted by Gasteiger charge is 2.44. The molecule has 8 N–H and O–H groups in total. The molecule has 0 aromatic heterocycles. The van der Waals surface area contributed by atoms with E-state index in [0.29, 0.717) is 18.5 Å². The Morgan fingerprint density at radius 3 is 1.42 bits per heavy atom. The number of urea groups is 1. The van der Waals surface area contributed by atoms with Crippen LogP contribution in [0.4, 0.5) is 10.5 Å². The number of aliphatic hydroxyl groups is 5. The van der Waals surface area contributed by atoms with Gasteiger partial charge in [0.05, 0.1) is 30.0 Å². The van der Waals surface area contributed by atoms with E-state index in [1.165, 1.54) is 186 Å². The van der Waals surface area contributed by atoms with Crippen LogP contribution < -0.4 is 16.0 Å². The van der Waals surface area contributed by atoms with E-state index in [4.69, 9.17) is 4.74 Å². The monoisotopic (exact) mass is 1020 g/mol. The molecule has 11 heteroatoms. The highest BCUT2D eigenvalue weighted by Crippen LogP contribution is 2.27. The number of ether oxygens (including phenoxy) is 1. The Hall–Kier alpha value is -2.80. The van der Waals surface area contributed by atoms with Crippen LogP contribution in [0.15, 0.2) is 42.5 Å². The smallest absolute Gasteiger partial charge is 0.319 e. The van der Waals surface area contributed by atoms with Crippen molar-refractivity contribution in [2.24, 2.45) is 0 Å². The highest BCUT2D eigenvalue weighted by atomic mass is 16.5. The van der Waals surface area contributed by atoms with Crippen LogP contribution in [0.3, 0.4) is 0 Å². The normalized spacial score (nSPS) is 19.2. The number of anilines is 1. The summed E-state index contributed by atoms with van der Waals surface area (Å²) < 4.78 is 6.12. The number of rotatable bonds is 46. The molecule has 0 radical (unpaired) electrons. The number of benzene rings is 2. The molecule has 8 atom stereocenters. The van der Waals surface area contributed by atoms with E-state index < -0.39 is 54.8 Å². The number of aliphatic hydroxyl groups excluding tert-OH is 5. The lowest BCUT2D eigenvalue weighted by Crippen LogP contribution is -2.60. The topological polar surface area (TPSA) is 181 Å². The van der Waals surface area contributed by atoms with Gasteiger partial charge in [-0.2, -0.15) is 0 Å². The van der Waals surface area contributed by atoms with E-state index in [1.54, 1.807) is 6.07 Å². The third-order valence-electron chi connectivity index (χ3n) is 15.6. The van der Waals surface area contributed by atoms with Gasteiger partial charge in [-0.25, -0.2) is 4.79 Å². The highest BCUT2D eigenvalue weighted by molar-refractivity contribution is 6.01. The molecule has 73 heavy (non-hydrogen) atoms. The van der Waals surface area contributed by atoms with Crippen molar-refractivity contribution in [2.75, 3.05) is 11.9 Å². The average molecular weight is 1020 g/mol. The third kappa shape index (κ3) is 29.3. The van der Waals surface area contributed by atoms with Gasteiger partial charge in [-0.15, -0.1) is 0 Å². The maximum atomic E-state index is 13.4. The zero-order chi connectivity index (χ0) is 52.6. The minimum atomic E-state index is -1.54. The molecule has 420 valence electrons. The van der Waals surface area contributed by atoms with Gasteiger partial charge in [0.25, 0.3) is 0 Å². The molecule has 2 aromatic rings. The molecule has 1 unspecified atom stereocenters. The maximum absolute atomic E-state index is 13.4. The summed E-state index contributed by atoms with van der Waals surface area (Å²) in [7, 11) is 0. The van der Waals surface area contributed by atoms with Crippen molar-refractivity contribution in [3.63, 3.8) is 0 Å². The standard InChI is InChI=1S/C62H109N3O8/c1-3-5-7-9-11-13-15-17-18-19-20-21-22-23-24-25-26-27-29-31-33-35-37-46-57(67)64-53(58(68)54(66)45-36-34-32-30-28-16-14-12-10-8-6-4-2)47-48-55-59(69)61(71)60(70)56(73-55)49-63-62(72)65-52-44-40-42-50-41-38-39-43-51(50)52/h38-44,53-56,58-61,66,68-71H,3-37,45-49H2,1-2H3,(H,64,67)(H2,63,65,72)/t53?,54-,55-,56-,58+,59+,60+,61-/m1/s1. The number of hydrogen-bond donors (Lipinski definition) is 8. The molecule has 0 spiro atoms. The molecule has 2 aromatic carbocycles. The predicted octanol–water partition coefficient (Wildman–Crippen LogP) is 14.3. The first-order valence-corrected chi connectivity index (χ1v) is 30.5. The summed E-state index contributed by atoms with van der Waals surface area (Å²) in [5, 5.41) is 66.0. The first-order valence-electron chi connectivity index (χ1n) is 30.5. The zero-order valence-electron chi connectivity index (χ0n) is 46.4. The number of amides is 3. The van der Waals surface area contributed by atoms with Gasteiger partial charge in [0, 0.05) is 18.4 Å². The Labute approximate surface area is 444 Å². The summed E-state index contributed by atoms with van der Waals surface area (Å²) in [5.41, 5.74) is 0.618. The Bertz CT molecular complexity index is 1640. The second-order valence-electron chi connectivity index (χ2n) is 22.1. The number of carbonyl (C=O) groups excluding carboxylic acids is 2. The molecule has 1 saturated heterocycles. The van der Waals surface area contributed by atoms with Gasteiger partial charge in [0.2, 0.25) is 5.91 Å². The molecular weight excluding hydrogens is 915 g/mol. The molecule has 1 heterocycles. The van der Waals surface area contributed by atoms with Crippen molar-refractivity contribution in [1.82, 2.24) is 10.6 Å². The molecule has 1 fully saturated rings. The van der Waals surface area contributed by atoms with E-state index in [-0.39, 0.29) is 25.3 Å². The third-order valence-corrected chi connectivity index (χ3v) is 15.6. The van der Waals surface area contributed by atoms with Crippen molar-refractivity contribution in [1.29, 1.82) is 0 Å². The van der Waals surface area contributed by atoms with Crippen LogP contribution in [0.2, 0.25) is 0 Å². The SMILES string of the molecule is CCCCCCCCCCCCCCCCCCCCCCCCCC(=O)NC(CC[C@H]1O[C@H](CNC(=O)Nc2cccc3ccccc23)[C@H](O)[C@H](O)[C@H]1O)[C@H](O)[C@H](O)CCCCCCCCCCCCCC. The first kappa shape index (κ1) is 64.5. The van der Waals surface area contributed by atoms with Crippen molar-refractivity contribution in [3.05, 3.63) is 42.5 Å². The van der Waals surface area contributed by atoms with E-state index in [0.717, 1.165) is 49.3 Å². The number of nitrogens with one attached hydrogen (secondary N) is 3. The number of fused-ring (bicyclic) bond motifs is 1. The Balaban J connectivity index is 1.37. The molecule has 0 saturated carbocycles. The summed E-state index contributed by atoms with van der Waals surface area (Å²) in [6.07, 6.45) is 36.8. The van der Waals surface area contributed by atoms with Crippen molar-refractivity contribution >= 4 is 28.4 Å². The minimum absolute atomic E-state index is 0.121. The maximum Gasteiger partial charge on any atom is 0.319 e. The van der Waals surface area contributed by atoms with E-state index in [1.807, 2.05) is 36.4 Å². The van der Waals surface area contributed by atoms with E-state index in [2.05, 4.69) is 29.8 Å². The lowest BCUT2D eigenvalue weighted by Gasteiger charge is -2.41. The minimum Gasteiger partial charge on any atom is -0.390 e. The molecule has 0 bridgehead atoms. The lowest BCUT2D eigenvalue weighted by atomic mass is 9.89. The largest absolute Gasteiger partial charge is 0.390 e. The van der Waals surface area contributed by atoms with Gasteiger partial charge in [-0.1, -0.05) is 269 Å². The fourth-order valence-corrected chi connectivity index (χ4v) is 10.8. The lowest BCUT2D eigenvalue weighted by molar-refractivity contribution is -0.221. The number of unbranched alkanes of at least 4 members (excludes halogenated alkanes) is 33. The molecule has 1 aliphatic rings. The van der Waals surface area contributed by atoms with Crippen LogP contribution in [0.1, 0.15) is 264 Å². The van der Waals surface area contributed by atoms with Gasteiger partial charge in [-0.3, -0.25) is 4.79 Å². The predicted molar refractivity (Wildman–Crippen MR) is 303 cm³/mol. The number of hydrogen-bond acceptors (Lipinski definition) is 8. The van der Waals surface area contributed by atoms with Crippen molar-refractivity contribution in [2.45, 2.75) is 313 Å². The van der Waals surface area contributed by atoms with Gasteiger partial charge < -0.3 is 46.2 Å². The molecule has 0 aliphatic carbocycles. The Morgan fingerprint density at radius 1 is 0.507 bits per heavy atom. The second kappa shape index (κ2) is 42.3. The van der Waals surface area contributed by atoms with Gasteiger partial charge in [0.1, 0.15) is 24.4 Å². The number of carbonyl (C=O) groups is 2. The van der Waals surface area contributed by atoms with Crippen LogP contribution in [-0.2, 0) is 9.53 Å². The van der Waals surface area contributed by atoms with Gasteiger partial charge in [-0.05, 0) is 37.1 Å². The van der Waals surface area contributed by atoms with E-state index >= 15 is 0 Å². The Morgan fingerprint density at radius 2 is 0.932 bits per heavy atom. The molecule has 1 aliphatic heterocycles. The second-order valence-corrected chi connectivity index (χ2v) is 22.1. The molecule has 3 rings (SSSR count).